The van der Waals surface area contributed by atoms with Crippen LogP contribution >= 0.6 is 11.6 Å². The Hall–Kier alpha value is -2.53. The van der Waals surface area contributed by atoms with Crippen LogP contribution in [0, 0.1) is 5.82 Å². The molecule has 1 aliphatic heterocycles. The molecular formula is C22H23ClF4N2O4S. The van der Waals surface area contributed by atoms with Gasteiger partial charge in [0.1, 0.15) is 18.2 Å². The molecule has 1 saturated heterocycles. The molecule has 0 spiro atoms. The van der Waals surface area contributed by atoms with E-state index in [2.05, 4.69) is 0 Å². The van der Waals surface area contributed by atoms with Gasteiger partial charge in [-0.05, 0) is 57.0 Å². The fraction of sp³-hybridized carbons (Fsp3) is 0.409. The zero-order chi connectivity index (χ0) is 25.3. The van der Waals surface area contributed by atoms with Crippen LogP contribution in [-0.2, 0) is 16.2 Å². The van der Waals surface area contributed by atoms with Crippen LogP contribution in [0.5, 0.6) is 5.75 Å². The number of nitrogens with one attached hydrogen (secondary N) is 1. The quantitative estimate of drug-likeness (QED) is 0.517. The van der Waals surface area contributed by atoms with E-state index in [0.717, 1.165) is 30.7 Å². The van der Waals surface area contributed by atoms with Gasteiger partial charge in [-0.3, -0.25) is 4.79 Å². The van der Waals surface area contributed by atoms with Crippen molar-refractivity contribution in [2.24, 2.45) is 0 Å². The molecule has 1 N–H and O–H groups in total. The number of ether oxygens (including phenoxy) is 1. The second-order valence-corrected chi connectivity index (χ2v) is 10.8. The van der Waals surface area contributed by atoms with E-state index in [1.54, 1.807) is 4.72 Å². The topological polar surface area (TPSA) is 75.7 Å². The summed E-state index contributed by atoms with van der Waals surface area (Å²) >= 11 is 6.14. The van der Waals surface area contributed by atoms with Crippen molar-refractivity contribution in [1.82, 2.24) is 4.72 Å². The maximum Gasteiger partial charge on any atom is 0.416 e. The highest BCUT2D eigenvalue weighted by molar-refractivity contribution is 7.90. The van der Waals surface area contributed by atoms with Crippen molar-refractivity contribution in [3.05, 3.63) is 58.4 Å². The predicted octanol–water partition coefficient (Wildman–Crippen LogP) is 5.01. The number of rotatable bonds is 7. The Kier molecular flexibility index (Phi) is 7.66. The summed E-state index contributed by atoms with van der Waals surface area (Å²) in [5.41, 5.74) is -0.681. The molecular weight excluding hydrogens is 500 g/mol. The van der Waals surface area contributed by atoms with Gasteiger partial charge in [-0.2, -0.15) is 13.2 Å². The zero-order valence-electron chi connectivity index (χ0n) is 18.3. The highest BCUT2D eigenvalue weighted by atomic mass is 35.5. The number of hydrogen-bond acceptors (Lipinski definition) is 5. The lowest BCUT2D eigenvalue weighted by Crippen LogP contribution is -2.36. The summed E-state index contributed by atoms with van der Waals surface area (Å²) in [5.74, 6) is -2.20. The molecule has 34 heavy (non-hydrogen) atoms. The minimum absolute atomic E-state index is 0.0401. The first kappa shape index (κ1) is 26.1. The molecule has 186 valence electrons. The summed E-state index contributed by atoms with van der Waals surface area (Å²) in [6.07, 6.45) is -2.93. The number of alkyl halides is 3. The molecule has 1 aliphatic rings. The van der Waals surface area contributed by atoms with Crippen LogP contribution in [0.1, 0.15) is 42.6 Å². The molecule has 0 radical (unpaired) electrons. The average Bonchev–Trinajstić information content (AvgIpc) is 3.21. The molecule has 1 atom stereocenters. The highest BCUT2D eigenvalue weighted by Crippen LogP contribution is 2.33. The van der Waals surface area contributed by atoms with Crippen molar-refractivity contribution in [2.75, 3.05) is 18.1 Å². The van der Waals surface area contributed by atoms with Crippen molar-refractivity contribution in [3.63, 3.8) is 0 Å². The summed E-state index contributed by atoms with van der Waals surface area (Å²) in [4.78, 5) is 14.1. The van der Waals surface area contributed by atoms with E-state index < -0.39 is 44.3 Å². The summed E-state index contributed by atoms with van der Waals surface area (Å²) in [7, 11) is -3.96. The molecule has 1 heterocycles. The molecule has 1 amide bonds. The molecule has 0 aliphatic carbocycles. The molecule has 3 rings (SSSR count). The van der Waals surface area contributed by atoms with Gasteiger partial charge in [0.05, 0.1) is 27.4 Å². The lowest BCUT2D eigenvalue weighted by molar-refractivity contribution is -0.137. The first-order valence-corrected chi connectivity index (χ1v) is 12.3. The highest BCUT2D eigenvalue weighted by Gasteiger charge is 2.31. The Morgan fingerprint density at radius 3 is 2.47 bits per heavy atom. The third-order valence-corrected chi connectivity index (χ3v) is 7.46. The van der Waals surface area contributed by atoms with Crippen LogP contribution in [0.3, 0.4) is 0 Å². The van der Waals surface area contributed by atoms with Gasteiger partial charge in [0.2, 0.25) is 10.0 Å². The third kappa shape index (κ3) is 5.93. The van der Waals surface area contributed by atoms with Crippen molar-refractivity contribution in [2.45, 2.75) is 44.2 Å². The lowest BCUT2D eigenvalue weighted by Gasteiger charge is -2.27. The minimum Gasteiger partial charge on any atom is -0.490 e. The van der Waals surface area contributed by atoms with Crippen LogP contribution < -0.4 is 14.4 Å². The number of hydrogen-bond donors (Lipinski definition) is 1. The number of benzene rings is 2. The summed E-state index contributed by atoms with van der Waals surface area (Å²) in [6, 6.07) is 6.52. The Morgan fingerprint density at radius 1 is 1.24 bits per heavy atom. The summed E-state index contributed by atoms with van der Waals surface area (Å²) in [6.45, 7) is 3.43. The number of anilines is 1. The van der Waals surface area contributed by atoms with Crippen molar-refractivity contribution in [3.8, 4) is 5.75 Å². The first-order valence-electron chi connectivity index (χ1n) is 10.4. The standard InChI is InChI=1S/C22H23ClF4N2O4S/c1-13(2)34(31,32)28-21(30)17-10-18(23)20(11-19(17)24)33-12-16-4-3-9-29(16)15-7-5-14(6-8-15)22(25,26)27/h5-8,10-11,13,16H,3-4,9,12H2,1-2H3,(H,28,30)/t16-/m1/s1. The predicted molar refractivity (Wildman–Crippen MR) is 120 cm³/mol. The molecule has 12 heteroatoms. The number of carbonyl (C=O) groups excluding carboxylic acids is 1. The number of halogens is 5. The molecule has 0 aromatic heterocycles. The van der Waals surface area contributed by atoms with Gasteiger partial charge in [-0.15, -0.1) is 0 Å². The summed E-state index contributed by atoms with van der Waals surface area (Å²) in [5, 5.41) is -0.982. The second-order valence-electron chi connectivity index (χ2n) is 8.13. The molecule has 0 saturated carbocycles. The second kappa shape index (κ2) is 9.99. The molecule has 6 nitrogen and oxygen atoms in total. The Balaban J connectivity index is 1.70. The van der Waals surface area contributed by atoms with Crippen LogP contribution in [0.25, 0.3) is 0 Å². The molecule has 0 bridgehead atoms. The number of sulfonamides is 1. The van der Waals surface area contributed by atoms with Gasteiger partial charge in [-0.1, -0.05) is 11.6 Å². The van der Waals surface area contributed by atoms with Gasteiger partial charge in [-0.25, -0.2) is 17.5 Å². The van der Waals surface area contributed by atoms with E-state index in [9.17, 15) is 30.8 Å². The van der Waals surface area contributed by atoms with Gasteiger partial charge in [0.25, 0.3) is 5.91 Å². The maximum absolute atomic E-state index is 14.5. The lowest BCUT2D eigenvalue weighted by atomic mass is 10.1. The fourth-order valence-electron chi connectivity index (χ4n) is 3.49. The van der Waals surface area contributed by atoms with Gasteiger partial charge < -0.3 is 9.64 Å². The minimum atomic E-state index is -4.42. The molecule has 2 aromatic carbocycles. The van der Waals surface area contributed by atoms with E-state index in [4.69, 9.17) is 16.3 Å². The molecule has 0 unspecified atom stereocenters. The SMILES string of the molecule is CC(C)S(=O)(=O)NC(=O)c1cc(Cl)c(OC[C@H]2CCCN2c2ccc(C(F)(F)F)cc2)cc1F. The van der Waals surface area contributed by atoms with Crippen molar-refractivity contribution < 1.29 is 35.5 Å². The largest absolute Gasteiger partial charge is 0.490 e. The van der Waals surface area contributed by atoms with Crippen LogP contribution in [0.15, 0.2) is 36.4 Å². The van der Waals surface area contributed by atoms with Crippen LogP contribution in [-0.4, -0.2) is 38.8 Å². The molecule has 1 fully saturated rings. The Bertz CT molecular complexity index is 1150. The maximum atomic E-state index is 14.5. The fourth-order valence-corrected chi connectivity index (χ4v) is 4.31. The first-order chi connectivity index (χ1) is 15.8. The monoisotopic (exact) mass is 522 g/mol. The average molecular weight is 523 g/mol. The molecule has 2 aromatic rings. The van der Waals surface area contributed by atoms with Crippen molar-refractivity contribution >= 4 is 33.2 Å². The number of amides is 1. The van der Waals surface area contributed by atoms with Gasteiger partial charge in [0.15, 0.2) is 0 Å². The van der Waals surface area contributed by atoms with Crippen molar-refractivity contribution in [1.29, 1.82) is 0 Å². The summed E-state index contributed by atoms with van der Waals surface area (Å²) < 4.78 is 84.2. The van der Waals surface area contributed by atoms with E-state index in [-0.39, 0.29) is 23.4 Å². The zero-order valence-corrected chi connectivity index (χ0v) is 19.9. The van der Waals surface area contributed by atoms with E-state index in [1.165, 1.54) is 26.0 Å². The third-order valence-electron chi connectivity index (χ3n) is 5.46. The normalized spacial score (nSPS) is 16.7. The Labute approximate surface area is 199 Å². The van der Waals surface area contributed by atoms with Gasteiger partial charge >= 0.3 is 6.18 Å². The number of nitrogens with zero attached hydrogens (tertiary/aromatic N) is 1. The van der Waals surface area contributed by atoms with E-state index in [0.29, 0.717) is 18.7 Å². The Morgan fingerprint density at radius 2 is 1.88 bits per heavy atom. The number of carbonyl (C=O) groups is 1. The van der Waals surface area contributed by atoms with E-state index in [1.807, 2.05) is 4.90 Å². The van der Waals surface area contributed by atoms with E-state index >= 15 is 0 Å². The van der Waals surface area contributed by atoms with Crippen LogP contribution in [0.2, 0.25) is 5.02 Å². The van der Waals surface area contributed by atoms with Gasteiger partial charge in [0, 0.05) is 18.3 Å². The smallest absolute Gasteiger partial charge is 0.416 e. The van der Waals surface area contributed by atoms with Crippen LogP contribution in [0.4, 0.5) is 23.2 Å².